The molecule has 0 radical (unpaired) electrons. The van der Waals surface area contributed by atoms with Crippen LogP contribution in [-0.2, 0) is 14.4 Å². The van der Waals surface area contributed by atoms with Gasteiger partial charge in [0.15, 0.2) is 0 Å². The smallest absolute Gasteiger partial charge is 0.326 e. The van der Waals surface area contributed by atoms with Gasteiger partial charge in [0.05, 0.1) is 6.54 Å². The number of rotatable bonds is 3. The fourth-order valence-corrected chi connectivity index (χ4v) is 1.89. The highest BCUT2D eigenvalue weighted by Crippen LogP contribution is 2.17. The normalized spacial score (nSPS) is 19.9. The average Bonchev–Trinajstić information content (AvgIpc) is 2.28. The molecule has 6 heteroatoms. The molecule has 0 unspecified atom stereocenters. The minimum Gasteiger partial charge on any atom is -0.480 e. The van der Waals surface area contributed by atoms with E-state index in [0.29, 0.717) is 13.0 Å². The Labute approximate surface area is 100 Å². The van der Waals surface area contributed by atoms with Gasteiger partial charge in [-0.25, -0.2) is 4.79 Å². The zero-order chi connectivity index (χ0) is 13.0. The van der Waals surface area contributed by atoms with Crippen molar-refractivity contribution in [1.82, 2.24) is 9.80 Å². The molecule has 1 atom stereocenters. The standard InChI is InChI=1S/C11H18N2O4/c1-8(14)12(2)7-10(15)13-6-4-3-5-9(13)11(16)17/h9H,3-7H2,1-2H3,(H,16,17)/t9-/m0/s1. The number of carbonyl (C=O) groups excluding carboxylic acids is 2. The third-order valence-corrected chi connectivity index (χ3v) is 3.02. The van der Waals surface area contributed by atoms with E-state index in [0.717, 1.165) is 12.8 Å². The lowest BCUT2D eigenvalue weighted by Gasteiger charge is -2.33. The fraction of sp³-hybridized carbons (Fsp3) is 0.727. The van der Waals surface area contributed by atoms with Crippen molar-refractivity contribution in [1.29, 1.82) is 0 Å². The first-order valence-corrected chi connectivity index (χ1v) is 5.67. The van der Waals surface area contributed by atoms with Gasteiger partial charge in [0, 0.05) is 20.5 Å². The molecule has 1 aliphatic rings. The van der Waals surface area contributed by atoms with Gasteiger partial charge in [0.2, 0.25) is 11.8 Å². The van der Waals surface area contributed by atoms with Crippen LogP contribution in [0.5, 0.6) is 0 Å². The predicted molar refractivity (Wildman–Crippen MR) is 60.3 cm³/mol. The molecule has 0 bridgehead atoms. The summed E-state index contributed by atoms with van der Waals surface area (Å²) in [4.78, 5) is 36.6. The quantitative estimate of drug-likeness (QED) is 0.751. The molecule has 1 saturated heterocycles. The number of carbonyl (C=O) groups is 3. The van der Waals surface area contributed by atoms with E-state index in [9.17, 15) is 14.4 Å². The van der Waals surface area contributed by atoms with Gasteiger partial charge in [-0.2, -0.15) is 0 Å². The number of carboxylic acid groups (broad SMARTS) is 1. The molecule has 0 saturated carbocycles. The molecule has 2 amide bonds. The van der Waals surface area contributed by atoms with Crippen molar-refractivity contribution in [2.24, 2.45) is 0 Å². The maximum absolute atomic E-state index is 11.9. The van der Waals surface area contributed by atoms with Gasteiger partial charge in [0.25, 0.3) is 0 Å². The van der Waals surface area contributed by atoms with Crippen LogP contribution in [0.2, 0.25) is 0 Å². The zero-order valence-corrected chi connectivity index (χ0v) is 10.2. The zero-order valence-electron chi connectivity index (χ0n) is 10.2. The Bertz CT molecular complexity index is 329. The Morgan fingerprint density at radius 2 is 2.00 bits per heavy atom. The maximum Gasteiger partial charge on any atom is 0.326 e. The number of amides is 2. The summed E-state index contributed by atoms with van der Waals surface area (Å²) in [6, 6.07) is -0.739. The minimum atomic E-state index is -0.969. The fourth-order valence-electron chi connectivity index (χ4n) is 1.89. The first kappa shape index (κ1) is 13.5. The number of likely N-dealkylation sites (tertiary alicyclic amines) is 1. The summed E-state index contributed by atoms with van der Waals surface area (Å²) in [5, 5.41) is 9.03. The SMILES string of the molecule is CC(=O)N(C)CC(=O)N1CCCC[C@H]1C(=O)O. The van der Waals surface area contributed by atoms with Gasteiger partial charge in [-0.1, -0.05) is 0 Å². The second kappa shape index (κ2) is 5.65. The second-order valence-electron chi connectivity index (χ2n) is 4.31. The highest BCUT2D eigenvalue weighted by atomic mass is 16.4. The Hall–Kier alpha value is -1.59. The Kier molecular flexibility index (Phi) is 4.48. The molecule has 96 valence electrons. The van der Waals surface area contributed by atoms with Crippen LogP contribution in [0.4, 0.5) is 0 Å². The lowest BCUT2D eigenvalue weighted by atomic mass is 10.0. The van der Waals surface area contributed by atoms with Crippen LogP contribution in [0, 0.1) is 0 Å². The van der Waals surface area contributed by atoms with E-state index in [2.05, 4.69) is 0 Å². The average molecular weight is 242 g/mol. The van der Waals surface area contributed by atoms with Crippen LogP contribution in [0.3, 0.4) is 0 Å². The van der Waals surface area contributed by atoms with Gasteiger partial charge >= 0.3 is 5.97 Å². The molecule has 1 aliphatic heterocycles. The van der Waals surface area contributed by atoms with Crippen molar-refractivity contribution in [3.63, 3.8) is 0 Å². The summed E-state index contributed by atoms with van der Waals surface area (Å²) < 4.78 is 0. The number of hydrogen-bond acceptors (Lipinski definition) is 3. The number of carboxylic acids is 1. The van der Waals surface area contributed by atoms with Crippen LogP contribution in [0.15, 0.2) is 0 Å². The van der Waals surface area contributed by atoms with Gasteiger partial charge in [0.1, 0.15) is 6.04 Å². The Morgan fingerprint density at radius 1 is 1.35 bits per heavy atom. The molecule has 17 heavy (non-hydrogen) atoms. The molecular weight excluding hydrogens is 224 g/mol. The van der Waals surface area contributed by atoms with Crippen LogP contribution >= 0.6 is 0 Å². The molecule has 0 aliphatic carbocycles. The van der Waals surface area contributed by atoms with E-state index in [1.54, 1.807) is 0 Å². The van der Waals surface area contributed by atoms with E-state index in [1.807, 2.05) is 0 Å². The summed E-state index contributed by atoms with van der Waals surface area (Å²) in [7, 11) is 1.53. The molecule has 1 N–H and O–H groups in total. The number of nitrogens with zero attached hydrogens (tertiary/aromatic N) is 2. The summed E-state index contributed by atoms with van der Waals surface area (Å²) >= 11 is 0. The van der Waals surface area contributed by atoms with Crippen molar-refractivity contribution in [3.05, 3.63) is 0 Å². The maximum atomic E-state index is 11.9. The molecule has 0 aromatic rings. The van der Waals surface area contributed by atoms with Gasteiger partial charge < -0.3 is 14.9 Å². The largest absolute Gasteiger partial charge is 0.480 e. The van der Waals surface area contributed by atoms with Gasteiger partial charge in [-0.05, 0) is 19.3 Å². The molecule has 1 fully saturated rings. The Morgan fingerprint density at radius 3 is 2.53 bits per heavy atom. The summed E-state index contributed by atoms with van der Waals surface area (Å²) in [5.41, 5.74) is 0. The number of piperidine rings is 1. The minimum absolute atomic E-state index is 0.0564. The number of hydrogen-bond donors (Lipinski definition) is 1. The number of aliphatic carboxylic acids is 1. The van der Waals surface area contributed by atoms with Crippen molar-refractivity contribution in [2.45, 2.75) is 32.2 Å². The summed E-state index contributed by atoms with van der Waals surface area (Å²) in [5.74, 6) is -1.47. The summed E-state index contributed by atoms with van der Waals surface area (Å²) in [6.45, 7) is 1.78. The highest BCUT2D eigenvalue weighted by Gasteiger charge is 2.32. The molecular formula is C11H18N2O4. The van der Waals surface area contributed by atoms with Crippen LogP contribution in [0.25, 0.3) is 0 Å². The summed E-state index contributed by atoms with van der Waals surface area (Å²) in [6.07, 6.45) is 2.13. The first-order chi connectivity index (χ1) is 7.93. The van der Waals surface area contributed by atoms with Crippen LogP contribution in [0.1, 0.15) is 26.2 Å². The topological polar surface area (TPSA) is 77.9 Å². The Balaban J connectivity index is 2.65. The molecule has 1 heterocycles. The number of likely N-dealkylation sites (N-methyl/N-ethyl adjacent to an activating group) is 1. The first-order valence-electron chi connectivity index (χ1n) is 5.67. The van der Waals surface area contributed by atoms with Gasteiger partial charge in [-0.3, -0.25) is 9.59 Å². The second-order valence-corrected chi connectivity index (χ2v) is 4.31. The van der Waals surface area contributed by atoms with E-state index >= 15 is 0 Å². The predicted octanol–water partition coefficient (Wildman–Crippen LogP) is -0.0696. The lowest BCUT2D eigenvalue weighted by Crippen LogP contribution is -2.51. The van der Waals surface area contributed by atoms with Crippen molar-refractivity contribution >= 4 is 17.8 Å². The van der Waals surface area contributed by atoms with E-state index in [4.69, 9.17) is 5.11 Å². The van der Waals surface area contributed by atoms with Crippen molar-refractivity contribution in [2.75, 3.05) is 20.1 Å². The molecule has 0 aromatic carbocycles. The molecule has 1 rings (SSSR count). The van der Waals surface area contributed by atoms with E-state index < -0.39 is 12.0 Å². The van der Waals surface area contributed by atoms with Crippen LogP contribution in [-0.4, -0.2) is 58.9 Å². The highest BCUT2D eigenvalue weighted by molar-refractivity contribution is 5.87. The van der Waals surface area contributed by atoms with E-state index in [-0.39, 0.29) is 18.4 Å². The third kappa shape index (κ3) is 3.44. The molecule has 0 aromatic heterocycles. The van der Waals surface area contributed by atoms with E-state index in [1.165, 1.54) is 23.8 Å². The van der Waals surface area contributed by atoms with Gasteiger partial charge in [-0.15, -0.1) is 0 Å². The van der Waals surface area contributed by atoms with Crippen molar-refractivity contribution in [3.8, 4) is 0 Å². The third-order valence-electron chi connectivity index (χ3n) is 3.02. The van der Waals surface area contributed by atoms with Crippen LogP contribution < -0.4 is 0 Å². The van der Waals surface area contributed by atoms with Crippen molar-refractivity contribution < 1.29 is 19.5 Å². The molecule has 0 spiro atoms. The molecule has 6 nitrogen and oxygen atoms in total. The monoisotopic (exact) mass is 242 g/mol. The lowest BCUT2D eigenvalue weighted by molar-refractivity contribution is -0.153.